The molecule has 0 bridgehead atoms. The number of ether oxygens (including phenoxy) is 7. The summed E-state index contributed by atoms with van der Waals surface area (Å²) in [5, 5.41) is 0. The SMILES string of the molecule is CC(C)CCOCCOCCOCCOCCOCCOCCOC(C)(C)C. The molecule has 0 aliphatic carbocycles. The Morgan fingerprint density at radius 3 is 1.04 bits per heavy atom. The van der Waals surface area contributed by atoms with E-state index in [1.165, 1.54) is 0 Å². The van der Waals surface area contributed by atoms with Crippen molar-refractivity contribution in [2.75, 3.05) is 85.9 Å². The first-order valence-corrected chi connectivity index (χ1v) is 10.5. The van der Waals surface area contributed by atoms with Crippen LogP contribution in [0.3, 0.4) is 0 Å². The van der Waals surface area contributed by atoms with Gasteiger partial charge in [-0.3, -0.25) is 0 Å². The third-order valence-electron chi connectivity index (χ3n) is 3.46. The second-order valence-corrected chi connectivity index (χ2v) is 7.82. The Labute approximate surface area is 172 Å². The minimum Gasteiger partial charge on any atom is -0.379 e. The van der Waals surface area contributed by atoms with Gasteiger partial charge < -0.3 is 33.2 Å². The maximum Gasteiger partial charge on any atom is 0.0707 e. The first kappa shape index (κ1) is 27.7. The lowest BCUT2D eigenvalue weighted by molar-refractivity contribution is -0.0466. The van der Waals surface area contributed by atoms with E-state index in [0.717, 1.165) is 13.0 Å². The van der Waals surface area contributed by atoms with Crippen molar-refractivity contribution >= 4 is 0 Å². The average molecular weight is 409 g/mol. The van der Waals surface area contributed by atoms with E-state index in [1.54, 1.807) is 0 Å². The van der Waals surface area contributed by atoms with Crippen LogP contribution < -0.4 is 0 Å². The molecule has 0 aromatic rings. The molecule has 0 N–H and O–H groups in total. The second kappa shape index (κ2) is 20.0. The maximum absolute atomic E-state index is 5.56. The zero-order valence-electron chi connectivity index (χ0n) is 18.8. The van der Waals surface area contributed by atoms with Crippen molar-refractivity contribution in [3.63, 3.8) is 0 Å². The summed E-state index contributed by atoms with van der Waals surface area (Å²) in [6.07, 6.45) is 1.09. The van der Waals surface area contributed by atoms with Crippen LogP contribution in [0.15, 0.2) is 0 Å². The normalized spacial score (nSPS) is 12.2. The van der Waals surface area contributed by atoms with Gasteiger partial charge in [0.2, 0.25) is 0 Å². The molecule has 0 heterocycles. The molecular weight excluding hydrogens is 364 g/mol. The number of hydrogen-bond acceptors (Lipinski definition) is 7. The van der Waals surface area contributed by atoms with Crippen LogP contribution in [0.25, 0.3) is 0 Å². The van der Waals surface area contributed by atoms with E-state index in [1.807, 2.05) is 20.8 Å². The molecule has 0 aliphatic heterocycles. The highest BCUT2D eigenvalue weighted by Crippen LogP contribution is 2.05. The Morgan fingerprint density at radius 1 is 0.464 bits per heavy atom. The molecule has 0 unspecified atom stereocenters. The van der Waals surface area contributed by atoms with Gasteiger partial charge in [0, 0.05) is 6.61 Å². The lowest BCUT2D eigenvalue weighted by atomic mass is 10.1. The second-order valence-electron chi connectivity index (χ2n) is 7.82. The molecule has 0 aromatic carbocycles. The van der Waals surface area contributed by atoms with Crippen molar-refractivity contribution in [1.82, 2.24) is 0 Å². The van der Waals surface area contributed by atoms with Crippen molar-refractivity contribution in [1.29, 1.82) is 0 Å². The quantitative estimate of drug-likeness (QED) is 0.271. The van der Waals surface area contributed by atoms with E-state index < -0.39 is 0 Å². The third-order valence-corrected chi connectivity index (χ3v) is 3.46. The average Bonchev–Trinajstić information content (AvgIpc) is 2.61. The Kier molecular flexibility index (Phi) is 19.8. The Bertz CT molecular complexity index is 306. The van der Waals surface area contributed by atoms with Gasteiger partial charge in [-0.2, -0.15) is 0 Å². The van der Waals surface area contributed by atoms with Crippen LogP contribution in [0, 0.1) is 5.92 Å². The van der Waals surface area contributed by atoms with E-state index >= 15 is 0 Å². The highest BCUT2D eigenvalue weighted by Gasteiger charge is 2.08. The first-order chi connectivity index (χ1) is 13.4. The first-order valence-electron chi connectivity index (χ1n) is 10.5. The van der Waals surface area contributed by atoms with Gasteiger partial charge in [0.05, 0.1) is 84.9 Å². The van der Waals surface area contributed by atoms with Crippen molar-refractivity contribution in [3.05, 3.63) is 0 Å². The van der Waals surface area contributed by atoms with Crippen LogP contribution >= 0.6 is 0 Å². The summed E-state index contributed by atoms with van der Waals surface area (Å²) in [4.78, 5) is 0. The molecule has 0 saturated carbocycles. The minimum absolute atomic E-state index is 0.115. The van der Waals surface area contributed by atoms with Gasteiger partial charge in [0.1, 0.15) is 0 Å². The molecule has 7 heteroatoms. The standard InChI is InChI=1S/C21H44O7/c1-20(2)6-7-22-8-9-23-10-11-24-12-13-25-14-15-26-16-17-27-18-19-28-21(3,4)5/h20H,6-19H2,1-5H3. The summed E-state index contributed by atoms with van der Waals surface area (Å²) >= 11 is 0. The summed E-state index contributed by atoms with van der Waals surface area (Å²) in [6, 6.07) is 0. The Hall–Kier alpha value is -0.280. The van der Waals surface area contributed by atoms with Crippen molar-refractivity contribution in [3.8, 4) is 0 Å². The molecule has 28 heavy (non-hydrogen) atoms. The molecule has 0 aliphatic rings. The highest BCUT2D eigenvalue weighted by molar-refractivity contribution is 4.57. The fraction of sp³-hybridized carbons (Fsp3) is 1.00. The molecule has 0 atom stereocenters. The van der Waals surface area contributed by atoms with E-state index in [2.05, 4.69) is 13.8 Å². The van der Waals surface area contributed by atoms with Crippen LogP contribution in [-0.4, -0.2) is 91.5 Å². The molecule has 0 aromatic heterocycles. The van der Waals surface area contributed by atoms with Gasteiger partial charge >= 0.3 is 0 Å². The number of hydrogen-bond donors (Lipinski definition) is 0. The monoisotopic (exact) mass is 408 g/mol. The predicted octanol–water partition coefficient (Wildman–Crippen LogP) is 2.95. The summed E-state index contributed by atoms with van der Waals surface area (Å²) in [5.41, 5.74) is -0.115. The van der Waals surface area contributed by atoms with Crippen LogP contribution in [-0.2, 0) is 33.2 Å². The summed E-state index contributed by atoms with van der Waals surface area (Å²) in [6.45, 7) is 18.2. The van der Waals surface area contributed by atoms with E-state index in [4.69, 9.17) is 33.2 Å². The van der Waals surface area contributed by atoms with Crippen molar-refractivity contribution < 1.29 is 33.2 Å². The summed E-state index contributed by atoms with van der Waals surface area (Å²) in [5.74, 6) is 0.681. The minimum atomic E-state index is -0.115. The van der Waals surface area contributed by atoms with Crippen molar-refractivity contribution in [2.45, 2.75) is 46.6 Å². The van der Waals surface area contributed by atoms with Gasteiger partial charge in [-0.25, -0.2) is 0 Å². The molecule has 0 rings (SSSR count). The van der Waals surface area contributed by atoms with Gasteiger partial charge in [0.25, 0.3) is 0 Å². The lowest BCUT2D eigenvalue weighted by Crippen LogP contribution is -2.22. The lowest BCUT2D eigenvalue weighted by Gasteiger charge is -2.19. The fourth-order valence-electron chi connectivity index (χ4n) is 1.93. The predicted molar refractivity (Wildman–Crippen MR) is 110 cm³/mol. The van der Waals surface area contributed by atoms with Gasteiger partial charge in [0.15, 0.2) is 0 Å². The molecule has 7 nitrogen and oxygen atoms in total. The topological polar surface area (TPSA) is 64.6 Å². The van der Waals surface area contributed by atoms with Crippen molar-refractivity contribution in [2.24, 2.45) is 5.92 Å². The maximum atomic E-state index is 5.56. The Morgan fingerprint density at radius 2 is 0.750 bits per heavy atom. The molecule has 0 amide bonds. The van der Waals surface area contributed by atoms with Gasteiger partial charge in [-0.05, 0) is 33.1 Å². The highest BCUT2D eigenvalue weighted by atomic mass is 16.6. The fourth-order valence-corrected chi connectivity index (χ4v) is 1.93. The van der Waals surface area contributed by atoms with Crippen LogP contribution in [0.2, 0.25) is 0 Å². The third kappa shape index (κ3) is 25.7. The van der Waals surface area contributed by atoms with Gasteiger partial charge in [-0.1, -0.05) is 13.8 Å². The van der Waals surface area contributed by atoms with E-state index in [-0.39, 0.29) is 5.60 Å². The molecule has 170 valence electrons. The zero-order valence-corrected chi connectivity index (χ0v) is 18.8. The smallest absolute Gasteiger partial charge is 0.0707 e. The van der Waals surface area contributed by atoms with E-state index in [9.17, 15) is 0 Å². The Balaban J connectivity index is 3.03. The molecule has 0 spiro atoms. The molecule has 0 saturated heterocycles. The number of rotatable bonds is 21. The summed E-state index contributed by atoms with van der Waals surface area (Å²) < 4.78 is 38.2. The molecule has 0 radical (unpaired) electrons. The molecule has 0 fully saturated rings. The summed E-state index contributed by atoms with van der Waals surface area (Å²) in [7, 11) is 0. The van der Waals surface area contributed by atoms with Gasteiger partial charge in [-0.15, -0.1) is 0 Å². The van der Waals surface area contributed by atoms with Crippen LogP contribution in [0.5, 0.6) is 0 Å². The largest absolute Gasteiger partial charge is 0.379 e. The van der Waals surface area contributed by atoms with Crippen LogP contribution in [0.1, 0.15) is 41.0 Å². The van der Waals surface area contributed by atoms with Crippen LogP contribution in [0.4, 0.5) is 0 Å². The zero-order chi connectivity index (χ0) is 20.9. The van der Waals surface area contributed by atoms with E-state index in [0.29, 0.717) is 85.2 Å². The molecular formula is C21H44O7.